The fraction of sp³-hybridized carbons (Fsp3) is 0.750. The van der Waals surface area contributed by atoms with Crippen LogP contribution >= 0.6 is 0 Å². The van der Waals surface area contributed by atoms with Crippen LogP contribution in [0.15, 0.2) is 24.3 Å². The molecule has 8 heteroatoms. The molecule has 1 aromatic carbocycles. The average Bonchev–Trinajstić information content (AvgIpc) is 2.83. The molecule has 32 heavy (non-hydrogen) atoms. The molecule has 0 amide bonds. The Morgan fingerprint density at radius 2 is 1.00 bits per heavy atom. The molecule has 0 aliphatic carbocycles. The summed E-state index contributed by atoms with van der Waals surface area (Å²) in [5.41, 5.74) is 0. The maximum atomic E-state index is 5.80. The first-order chi connectivity index (χ1) is 15.8. The Bertz CT molecular complexity index is 548. The molecule has 0 unspecified atom stereocenters. The Kier molecular flexibility index (Phi) is 11.8. The van der Waals surface area contributed by atoms with Crippen molar-refractivity contribution < 1.29 is 27.9 Å². The van der Waals surface area contributed by atoms with Gasteiger partial charge in [-0.2, -0.15) is 0 Å². The predicted octanol–water partition coefficient (Wildman–Crippen LogP) is 5.68. The van der Waals surface area contributed by atoms with Crippen molar-refractivity contribution in [2.45, 2.75) is 78.1 Å². The maximum Gasteiger partial charge on any atom is 0.713 e. The smallest absolute Gasteiger partial charge is 0.512 e. The monoisotopic (exact) mass is 446 g/mol. The van der Waals surface area contributed by atoms with Gasteiger partial charge in [-0.3, -0.25) is 0 Å². The van der Waals surface area contributed by atoms with Crippen LogP contribution in [0.1, 0.15) is 78.1 Å². The van der Waals surface area contributed by atoms with Crippen molar-refractivity contribution in [2.75, 3.05) is 26.4 Å². The minimum atomic E-state index is -0.645. The molecule has 0 atom stereocenters. The van der Waals surface area contributed by atoms with Gasteiger partial charge in [0.15, 0.2) is 0 Å². The van der Waals surface area contributed by atoms with Crippen molar-refractivity contribution in [3.8, 4) is 11.5 Å². The zero-order valence-electron chi connectivity index (χ0n) is 20.0. The second-order valence-electron chi connectivity index (χ2n) is 9.05. The highest BCUT2D eigenvalue weighted by atomic mass is 16.7. The highest BCUT2D eigenvalue weighted by Crippen LogP contribution is 2.23. The van der Waals surface area contributed by atoms with Crippen LogP contribution in [0.4, 0.5) is 0 Å². The van der Waals surface area contributed by atoms with Crippen molar-refractivity contribution in [1.82, 2.24) is 0 Å². The molecule has 2 aliphatic heterocycles. The highest BCUT2D eigenvalue weighted by Gasteiger charge is 2.33. The van der Waals surface area contributed by atoms with Crippen LogP contribution in [0.25, 0.3) is 0 Å². The van der Waals surface area contributed by atoms with Gasteiger partial charge >= 0.3 is 14.6 Å². The average molecular weight is 446 g/mol. The summed E-state index contributed by atoms with van der Waals surface area (Å²) < 4.78 is 34.6. The number of rotatable bonds is 14. The molecular formula is C24H40B2O6. The summed E-state index contributed by atoms with van der Waals surface area (Å²) in [6.45, 7) is 7.22. The zero-order chi connectivity index (χ0) is 22.4. The molecule has 2 fully saturated rings. The summed E-state index contributed by atoms with van der Waals surface area (Å²) in [7, 11) is -1.29. The molecule has 0 spiro atoms. The van der Waals surface area contributed by atoms with Crippen LogP contribution in [0.3, 0.4) is 0 Å². The van der Waals surface area contributed by atoms with Crippen molar-refractivity contribution >= 4 is 14.6 Å². The lowest BCUT2D eigenvalue weighted by Crippen LogP contribution is -2.40. The van der Waals surface area contributed by atoms with E-state index in [0.29, 0.717) is 49.8 Å². The van der Waals surface area contributed by atoms with Gasteiger partial charge < -0.3 is 27.9 Å². The Morgan fingerprint density at radius 1 is 0.625 bits per heavy atom. The largest absolute Gasteiger partial charge is 0.713 e. The first-order valence-electron chi connectivity index (χ1n) is 12.7. The van der Waals surface area contributed by atoms with E-state index >= 15 is 0 Å². The SMILES string of the molecule is CCCCCCC1COB(Oc2ccc(OB3OCC(CCCCCC)CO3)cc2)OC1. The van der Waals surface area contributed by atoms with Gasteiger partial charge in [0, 0.05) is 38.3 Å². The van der Waals surface area contributed by atoms with Crippen LogP contribution in [0.2, 0.25) is 0 Å². The second kappa shape index (κ2) is 14.8. The predicted molar refractivity (Wildman–Crippen MR) is 128 cm³/mol. The molecular weight excluding hydrogens is 406 g/mol. The molecule has 3 rings (SSSR count). The molecule has 6 nitrogen and oxygen atoms in total. The summed E-state index contributed by atoms with van der Waals surface area (Å²) in [6, 6.07) is 7.38. The van der Waals surface area contributed by atoms with E-state index in [9.17, 15) is 0 Å². The lowest BCUT2D eigenvalue weighted by Gasteiger charge is -2.27. The van der Waals surface area contributed by atoms with E-state index in [1.165, 1.54) is 51.4 Å². The third-order valence-corrected chi connectivity index (χ3v) is 6.09. The number of hydrogen-bond donors (Lipinski definition) is 0. The van der Waals surface area contributed by atoms with Gasteiger partial charge in [-0.05, 0) is 37.1 Å². The number of benzene rings is 1. The Hall–Kier alpha value is -1.21. The van der Waals surface area contributed by atoms with Crippen LogP contribution in [-0.2, 0) is 18.6 Å². The molecule has 2 saturated heterocycles. The molecule has 0 radical (unpaired) electrons. The third-order valence-electron chi connectivity index (χ3n) is 6.09. The van der Waals surface area contributed by atoms with E-state index in [-0.39, 0.29) is 0 Å². The normalized spacial score (nSPS) is 18.2. The van der Waals surface area contributed by atoms with Crippen molar-refractivity contribution in [1.29, 1.82) is 0 Å². The molecule has 0 saturated carbocycles. The Morgan fingerprint density at radius 3 is 1.34 bits per heavy atom. The quantitative estimate of drug-likeness (QED) is 0.271. The first-order valence-corrected chi connectivity index (χ1v) is 12.7. The summed E-state index contributed by atoms with van der Waals surface area (Å²) in [5.74, 6) is 2.30. The molecule has 1 aromatic rings. The van der Waals surface area contributed by atoms with Crippen LogP contribution in [0.5, 0.6) is 11.5 Å². The standard InChI is InChI=1S/C24H40B2O6/c1-3-5-7-9-11-21-17-27-25(28-18-21)31-23-13-15-24(16-14-23)32-26-29-19-22(20-30-26)12-10-8-6-4-2/h13-16,21-22H,3-12,17-20H2,1-2H3. The van der Waals surface area contributed by atoms with Crippen LogP contribution in [-0.4, -0.2) is 41.1 Å². The number of unbranched alkanes of at least 4 members (excludes halogenated alkanes) is 6. The van der Waals surface area contributed by atoms with Gasteiger partial charge in [0.25, 0.3) is 0 Å². The van der Waals surface area contributed by atoms with E-state index in [1.54, 1.807) is 0 Å². The third kappa shape index (κ3) is 9.34. The van der Waals surface area contributed by atoms with Crippen LogP contribution < -0.4 is 9.31 Å². The van der Waals surface area contributed by atoms with E-state index in [2.05, 4.69) is 13.8 Å². The topological polar surface area (TPSA) is 55.4 Å². The van der Waals surface area contributed by atoms with Crippen molar-refractivity contribution in [3.63, 3.8) is 0 Å². The highest BCUT2D eigenvalue weighted by molar-refractivity contribution is 6.38. The summed E-state index contributed by atoms with van der Waals surface area (Å²) >= 11 is 0. The van der Waals surface area contributed by atoms with Gasteiger partial charge in [0.2, 0.25) is 0 Å². The van der Waals surface area contributed by atoms with E-state index < -0.39 is 14.6 Å². The van der Waals surface area contributed by atoms with Gasteiger partial charge in [-0.25, -0.2) is 0 Å². The van der Waals surface area contributed by atoms with E-state index in [0.717, 1.165) is 12.8 Å². The minimum Gasteiger partial charge on any atom is -0.512 e. The fourth-order valence-electron chi connectivity index (χ4n) is 4.06. The summed E-state index contributed by atoms with van der Waals surface area (Å²) in [5, 5.41) is 0. The van der Waals surface area contributed by atoms with Gasteiger partial charge in [0.05, 0.1) is 0 Å². The summed E-state index contributed by atoms with van der Waals surface area (Å²) in [6.07, 6.45) is 12.5. The fourth-order valence-corrected chi connectivity index (χ4v) is 4.06. The second-order valence-corrected chi connectivity index (χ2v) is 9.05. The lowest BCUT2D eigenvalue weighted by atomic mass is 9.99. The molecule has 0 N–H and O–H groups in total. The van der Waals surface area contributed by atoms with E-state index in [4.69, 9.17) is 27.9 Å². The summed E-state index contributed by atoms with van der Waals surface area (Å²) in [4.78, 5) is 0. The lowest BCUT2D eigenvalue weighted by molar-refractivity contribution is 0.0388. The molecule has 2 heterocycles. The van der Waals surface area contributed by atoms with Crippen molar-refractivity contribution in [3.05, 3.63) is 24.3 Å². The molecule has 0 bridgehead atoms. The zero-order valence-corrected chi connectivity index (χ0v) is 20.0. The number of hydrogen-bond acceptors (Lipinski definition) is 6. The Balaban J connectivity index is 1.29. The first kappa shape index (κ1) is 25.4. The van der Waals surface area contributed by atoms with Crippen molar-refractivity contribution in [2.24, 2.45) is 11.8 Å². The molecule has 0 aromatic heterocycles. The van der Waals surface area contributed by atoms with E-state index in [1.807, 2.05) is 24.3 Å². The maximum absolute atomic E-state index is 5.80. The molecule has 2 aliphatic rings. The Labute approximate surface area is 195 Å². The van der Waals surface area contributed by atoms with Gasteiger partial charge in [0.1, 0.15) is 11.5 Å². The van der Waals surface area contributed by atoms with Crippen LogP contribution in [0, 0.1) is 11.8 Å². The molecule has 178 valence electrons. The van der Waals surface area contributed by atoms with Gasteiger partial charge in [-0.15, -0.1) is 0 Å². The van der Waals surface area contributed by atoms with Gasteiger partial charge in [-0.1, -0.05) is 65.2 Å². The minimum absolute atomic E-state index is 0.467.